The molecular weight excluding hydrogens is 314 g/mol. The van der Waals surface area contributed by atoms with Crippen LogP contribution in [0.5, 0.6) is 0 Å². The molecule has 8 heteroatoms. The van der Waals surface area contributed by atoms with Crippen LogP contribution < -0.4 is 10.0 Å². The second-order valence-corrected chi connectivity index (χ2v) is 7.70. The van der Waals surface area contributed by atoms with Crippen LogP contribution in [0, 0.1) is 17.2 Å². The van der Waals surface area contributed by atoms with Gasteiger partial charge in [-0.25, -0.2) is 18.1 Å². The maximum Gasteiger partial charge on any atom is 0.208 e. The highest BCUT2D eigenvalue weighted by Gasteiger charge is 2.22. The van der Waals surface area contributed by atoms with Gasteiger partial charge in [0.05, 0.1) is 11.8 Å². The van der Waals surface area contributed by atoms with Crippen LogP contribution in [-0.4, -0.2) is 57.3 Å². The molecule has 2 heterocycles. The van der Waals surface area contributed by atoms with E-state index in [0.717, 1.165) is 39.0 Å². The molecule has 0 unspecified atom stereocenters. The van der Waals surface area contributed by atoms with Gasteiger partial charge in [-0.05, 0) is 44.0 Å². The first-order chi connectivity index (χ1) is 11.0. The van der Waals surface area contributed by atoms with E-state index in [1.54, 1.807) is 18.3 Å². The zero-order valence-corrected chi connectivity index (χ0v) is 14.1. The molecule has 1 saturated heterocycles. The lowest BCUT2D eigenvalue weighted by molar-refractivity contribution is 0.322. The van der Waals surface area contributed by atoms with Gasteiger partial charge in [0.1, 0.15) is 11.9 Å². The fourth-order valence-corrected chi connectivity index (χ4v) is 3.24. The highest BCUT2D eigenvalue weighted by Crippen LogP contribution is 2.18. The minimum absolute atomic E-state index is 0.484. The van der Waals surface area contributed by atoms with E-state index < -0.39 is 10.0 Å². The molecule has 7 nitrogen and oxygen atoms in total. The zero-order valence-electron chi connectivity index (χ0n) is 13.3. The van der Waals surface area contributed by atoms with E-state index in [4.69, 9.17) is 5.26 Å². The van der Waals surface area contributed by atoms with Crippen molar-refractivity contribution in [2.75, 3.05) is 44.3 Å². The minimum Gasteiger partial charge on any atom is -0.369 e. The van der Waals surface area contributed by atoms with Gasteiger partial charge in [-0.1, -0.05) is 0 Å². The Morgan fingerprint density at radius 2 is 2.35 bits per heavy atom. The smallest absolute Gasteiger partial charge is 0.208 e. The van der Waals surface area contributed by atoms with Crippen molar-refractivity contribution < 1.29 is 8.42 Å². The van der Waals surface area contributed by atoms with Gasteiger partial charge in [0.2, 0.25) is 10.0 Å². The molecule has 0 spiro atoms. The monoisotopic (exact) mass is 337 g/mol. The number of hydrogen-bond acceptors (Lipinski definition) is 6. The largest absolute Gasteiger partial charge is 0.369 e. The minimum atomic E-state index is -3.09. The fraction of sp³-hybridized carbons (Fsp3) is 0.600. The second-order valence-electron chi connectivity index (χ2n) is 5.87. The van der Waals surface area contributed by atoms with Crippen LogP contribution in [0.2, 0.25) is 0 Å². The van der Waals surface area contributed by atoms with Gasteiger partial charge < -0.3 is 10.2 Å². The summed E-state index contributed by atoms with van der Waals surface area (Å²) in [5, 5.41) is 12.3. The Balaban J connectivity index is 1.68. The Kier molecular flexibility index (Phi) is 6.33. The molecule has 1 aliphatic heterocycles. The van der Waals surface area contributed by atoms with Crippen molar-refractivity contribution in [2.24, 2.45) is 5.92 Å². The normalized spacial score (nSPS) is 18.7. The molecule has 2 N–H and O–H groups in total. The van der Waals surface area contributed by atoms with Gasteiger partial charge in [0.15, 0.2) is 0 Å². The lowest BCUT2D eigenvalue weighted by Gasteiger charge is -2.16. The molecule has 0 amide bonds. The molecule has 1 fully saturated rings. The number of rotatable bonds is 8. The molecule has 0 bridgehead atoms. The molecule has 1 aromatic rings. The summed E-state index contributed by atoms with van der Waals surface area (Å²) in [5.41, 5.74) is 0.564. The average molecular weight is 337 g/mol. The van der Waals surface area contributed by atoms with Crippen molar-refractivity contribution in [3.05, 3.63) is 23.9 Å². The number of hydrogen-bond donors (Lipinski definition) is 2. The summed E-state index contributed by atoms with van der Waals surface area (Å²) in [6.45, 7) is 4.19. The summed E-state index contributed by atoms with van der Waals surface area (Å²) in [6, 6.07) is 5.65. The second kappa shape index (κ2) is 8.24. The maximum atomic E-state index is 11.0. The van der Waals surface area contributed by atoms with Crippen molar-refractivity contribution in [3.8, 4) is 6.07 Å². The van der Waals surface area contributed by atoms with Crippen molar-refractivity contribution in [3.63, 3.8) is 0 Å². The van der Waals surface area contributed by atoms with Gasteiger partial charge in [-0.15, -0.1) is 0 Å². The zero-order chi connectivity index (χ0) is 16.7. The van der Waals surface area contributed by atoms with Crippen LogP contribution >= 0.6 is 0 Å². The quantitative estimate of drug-likeness (QED) is 0.675. The third kappa shape index (κ3) is 6.14. The first-order valence-electron chi connectivity index (χ1n) is 7.74. The van der Waals surface area contributed by atoms with E-state index in [2.05, 4.69) is 26.0 Å². The first-order valence-corrected chi connectivity index (χ1v) is 9.63. The summed E-state index contributed by atoms with van der Waals surface area (Å²) < 4.78 is 24.5. The van der Waals surface area contributed by atoms with Gasteiger partial charge in [0, 0.05) is 25.8 Å². The van der Waals surface area contributed by atoms with E-state index in [1.165, 1.54) is 6.26 Å². The molecule has 0 aliphatic carbocycles. The molecule has 0 saturated carbocycles. The SMILES string of the molecule is CS(=O)(=O)NCCCN1CC[C@H](CNc2ncccc2C#N)C1. The summed E-state index contributed by atoms with van der Waals surface area (Å²) >= 11 is 0. The van der Waals surface area contributed by atoms with Crippen LogP contribution in [0.15, 0.2) is 18.3 Å². The van der Waals surface area contributed by atoms with Crippen molar-refractivity contribution >= 4 is 15.8 Å². The highest BCUT2D eigenvalue weighted by molar-refractivity contribution is 7.88. The third-order valence-corrected chi connectivity index (χ3v) is 4.60. The predicted octanol–water partition coefficient (Wildman–Crippen LogP) is 0.626. The molecule has 1 aliphatic rings. The number of likely N-dealkylation sites (tertiary alicyclic amines) is 1. The Bertz CT molecular complexity index is 656. The molecule has 23 heavy (non-hydrogen) atoms. The molecule has 126 valence electrons. The van der Waals surface area contributed by atoms with Crippen molar-refractivity contribution in [2.45, 2.75) is 12.8 Å². The Hall–Kier alpha value is -1.69. The Morgan fingerprint density at radius 3 is 3.09 bits per heavy atom. The van der Waals surface area contributed by atoms with Crippen LogP contribution in [-0.2, 0) is 10.0 Å². The van der Waals surface area contributed by atoms with Gasteiger partial charge in [-0.2, -0.15) is 5.26 Å². The molecule has 2 rings (SSSR count). The van der Waals surface area contributed by atoms with Crippen molar-refractivity contribution in [1.29, 1.82) is 5.26 Å². The van der Waals surface area contributed by atoms with Gasteiger partial charge >= 0.3 is 0 Å². The lowest BCUT2D eigenvalue weighted by Crippen LogP contribution is -2.29. The molecular formula is C15H23N5O2S. The van der Waals surface area contributed by atoms with Gasteiger partial charge in [0.25, 0.3) is 0 Å². The third-order valence-electron chi connectivity index (χ3n) is 3.87. The van der Waals surface area contributed by atoms with Crippen LogP contribution in [0.25, 0.3) is 0 Å². The molecule has 1 atom stereocenters. The predicted molar refractivity (Wildman–Crippen MR) is 89.5 cm³/mol. The summed E-state index contributed by atoms with van der Waals surface area (Å²) in [7, 11) is -3.09. The number of nitriles is 1. The molecule has 1 aromatic heterocycles. The first kappa shape index (κ1) is 17.7. The van der Waals surface area contributed by atoms with Crippen molar-refractivity contribution in [1.82, 2.24) is 14.6 Å². The maximum absolute atomic E-state index is 11.0. The summed E-state index contributed by atoms with van der Waals surface area (Å²) in [5.74, 6) is 1.16. The van der Waals surface area contributed by atoms with E-state index in [9.17, 15) is 8.42 Å². The number of nitrogens with zero attached hydrogens (tertiary/aromatic N) is 3. The number of sulfonamides is 1. The van der Waals surface area contributed by atoms with Crippen LogP contribution in [0.3, 0.4) is 0 Å². The van der Waals surface area contributed by atoms with Gasteiger partial charge in [-0.3, -0.25) is 0 Å². The van der Waals surface area contributed by atoms with E-state index in [1.807, 2.05) is 0 Å². The van der Waals surface area contributed by atoms with E-state index in [-0.39, 0.29) is 0 Å². The van der Waals surface area contributed by atoms with Crippen LogP contribution in [0.1, 0.15) is 18.4 Å². The fourth-order valence-electron chi connectivity index (χ4n) is 2.72. The number of aromatic nitrogens is 1. The summed E-state index contributed by atoms with van der Waals surface area (Å²) in [4.78, 5) is 6.55. The van der Waals surface area contributed by atoms with E-state index in [0.29, 0.717) is 23.8 Å². The molecule has 0 radical (unpaired) electrons. The molecule has 0 aromatic carbocycles. The van der Waals surface area contributed by atoms with E-state index >= 15 is 0 Å². The Morgan fingerprint density at radius 1 is 1.52 bits per heavy atom. The topological polar surface area (TPSA) is 98.1 Å². The Labute approximate surface area is 137 Å². The standard InChI is InChI=1S/C15H23N5O2S/c1-23(21,22)19-7-3-8-20-9-5-13(12-20)11-18-15-14(10-16)4-2-6-17-15/h2,4,6,13,19H,3,5,7-9,11-12H2,1H3,(H,17,18)/t13-/m1/s1. The average Bonchev–Trinajstić information content (AvgIpc) is 2.97. The lowest BCUT2D eigenvalue weighted by atomic mass is 10.1. The summed E-state index contributed by atoms with van der Waals surface area (Å²) in [6.07, 6.45) is 4.77. The number of nitrogens with one attached hydrogen (secondary N) is 2. The highest BCUT2D eigenvalue weighted by atomic mass is 32.2. The number of anilines is 1. The number of pyridine rings is 1. The van der Waals surface area contributed by atoms with Crippen LogP contribution in [0.4, 0.5) is 5.82 Å².